The monoisotopic (exact) mass is 368 g/mol. The molecule has 3 aromatic rings. The maximum Gasteiger partial charge on any atom is 0.316 e. The van der Waals surface area contributed by atoms with Crippen LogP contribution in [0, 0.1) is 0 Å². The molecule has 3 amide bonds. The fraction of sp³-hybridized carbons (Fsp3) is 0.211. The third-order valence-electron chi connectivity index (χ3n) is 3.96. The van der Waals surface area contributed by atoms with Crippen molar-refractivity contribution in [3.8, 4) is 0 Å². The Morgan fingerprint density at radius 1 is 1.15 bits per heavy atom. The number of aromatic nitrogens is 1. The Morgan fingerprint density at radius 2 is 1.88 bits per heavy atom. The third-order valence-corrected chi connectivity index (χ3v) is 5.06. The van der Waals surface area contributed by atoms with Crippen molar-refractivity contribution in [3.63, 3.8) is 0 Å². The second-order valence-corrected chi connectivity index (χ2v) is 7.09. The van der Waals surface area contributed by atoms with Gasteiger partial charge in [0.25, 0.3) is 0 Å². The summed E-state index contributed by atoms with van der Waals surface area (Å²) in [6.45, 7) is 1.92. The van der Waals surface area contributed by atoms with Crippen molar-refractivity contribution in [2.45, 2.75) is 25.8 Å². The molecule has 2 aromatic carbocycles. The summed E-state index contributed by atoms with van der Waals surface area (Å²) in [5, 5.41) is 6.46. The van der Waals surface area contributed by atoms with Crippen LogP contribution in [0.2, 0.25) is 0 Å². The van der Waals surface area contributed by atoms with Crippen LogP contribution >= 0.6 is 11.3 Å². The first kappa shape index (κ1) is 17.9. The first-order valence-corrected chi connectivity index (χ1v) is 9.13. The average Bonchev–Trinajstić information content (AvgIpc) is 3.03. The molecule has 7 heteroatoms. The van der Waals surface area contributed by atoms with Crippen LogP contribution in [0.15, 0.2) is 48.5 Å². The number of para-hydroxylation sites is 1. The van der Waals surface area contributed by atoms with E-state index in [1.54, 1.807) is 23.5 Å². The quantitative estimate of drug-likeness (QED) is 0.620. The van der Waals surface area contributed by atoms with E-state index in [0.717, 1.165) is 20.8 Å². The van der Waals surface area contributed by atoms with Gasteiger partial charge in [0.1, 0.15) is 0 Å². The van der Waals surface area contributed by atoms with Crippen LogP contribution < -0.4 is 16.4 Å². The highest BCUT2D eigenvalue weighted by Crippen LogP contribution is 2.22. The van der Waals surface area contributed by atoms with Crippen LogP contribution in [0.25, 0.3) is 10.2 Å². The van der Waals surface area contributed by atoms with E-state index in [-0.39, 0.29) is 11.9 Å². The van der Waals surface area contributed by atoms with Crippen LogP contribution in [0.3, 0.4) is 0 Å². The van der Waals surface area contributed by atoms with Crippen LogP contribution in [-0.2, 0) is 11.2 Å². The van der Waals surface area contributed by atoms with Crippen molar-refractivity contribution in [1.29, 1.82) is 0 Å². The number of aryl methyl sites for hydroxylation is 1. The Hall–Kier alpha value is -2.93. The standard InChI is InChI=1S/C19H20N4O2S/c1-12(13-6-8-14(9-7-13)22-19(20)25)21-17(24)10-11-18-23-15-4-2-3-5-16(15)26-18/h2-9,12H,10-11H2,1H3,(H,21,24)(H3,20,22,25)/t12-/m0/s1. The molecule has 0 aliphatic heterocycles. The highest BCUT2D eigenvalue weighted by Gasteiger charge is 2.11. The predicted octanol–water partition coefficient (Wildman–Crippen LogP) is 3.60. The first-order valence-electron chi connectivity index (χ1n) is 8.31. The second-order valence-electron chi connectivity index (χ2n) is 5.98. The molecule has 0 aliphatic rings. The number of carbonyl (C=O) groups is 2. The molecule has 0 fully saturated rings. The smallest absolute Gasteiger partial charge is 0.316 e. The Morgan fingerprint density at radius 3 is 2.58 bits per heavy atom. The summed E-state index contributed by atoms with van der Waals surface area (Å²) >= 11 is 1.63. The van der Waals surface area contributed by atoms with Gasteiger partial charge in [0.15, 0.2) is 0 Å². The van der Waals surface area contributed by atoms with Crippen LogP contribution in [0.4, 0.5) is 10.5 Å². The third kappa shape index (κ3) is 4.58. The number of nitrogens with zero attached hydrogens (tertiary/aromatic N) is 1. The van der Waals surface area contributed by atoms with Crippen LogP contribution in [0.5, 0.6) is 0 Å². The van der Waals surface area contributed by atoms with E-state index in [4.69, 9.17) is 5.73 Å². The Balaban J connectivity index is 1.52. The lowest BCUT2D eigenvalue weighted by Crippen LogP contribution is -2.26. The van der Waals surface area contributed by atoms with Crippen molar-refractivity contribution in [2.24, 2.45) is 5.73 Å². The van der Waals surface area contributed by atoms with Crippen molar-refractivity contribution in [3.05, 3.63) is 59.1 Å². The summed E-state index contributed by atoms with van der Waals surface area (Å²) in [6, 6.07) is 14.5. The molecule has 0 aliphatic carbocycles. The number of carbonyl (C=O) groups excluding carboxylic acids is 2. The van der Waals surface area contributed by atoms with Crippen molar-refractivity contribution in [1.82, 2.24) is 10.3 Å². The second kappa shape index (κ2) is 7.97. The number of nitrogens with two attached hydrogens (primary N) is 1. The highest BCUT2D eigenvalue weighted by atomic mass is 32.1. The minimum atomic E-state index is -0.603. The van der Waals surface area contributed by atoms with Gasteiger partial charge >= 0.3 is 6.03 Å². The Bertz CT molecular complexity index is 888. The van der Waals surface area contributed by atoms with Gasteiger partial charge in [-0.15, -0.1) is 11.3 Å². The van der Waals surface area contributed by atoms with E-state index < -0.39 is 6.03 Å². The van der Waals surface area contributed by atoms with Gasteiger partial charge in [0, 0.05) is 18.5 Å². The summed E-state index contributed by atoms with van der Waals surface area (Å²) in [4.78, 5) is 27.6. The summed E-state index contributed by atoms with van der Waals surface area (Å²) < 4.78 is 1.14. The number of amides is 3. The summed E-state index contributed by atoms with van der Waals surface area (Å²) in [5.74, 6) is -0.0175. The molecule has 26 heavy (non-hydrogen) atoms. The SMILES string of the molecule is C[C@H](NC(=O)CCc1nc2ccccc2s1)c1ccc(NC(N)=O)cc1. The maximum atomic E-state index is 12.2. The van der Waals surface area contributed by atoms with Crippen molar-refractivity contribution in [2.75, 3.05) is 5.32 Å². The van der Waals surface area contributed by atoms with Gasteiger partial charge in [-0.05, 0) is 36.8 Å². The Kier molecular flexibility index (Phi) is 5.48. The van der Waals surface area contributed by atoms with E-state index in [0.29, 0.717) is 18.5 Å². The molecule has 6 nitrogen and oxygen atoms in total. The molecule has 0 unspecified atom stereocenters. The normalized spacial score (nSPS) is 11.9. The number of hydrogen-bond acceptors (Lipinski definition) is 4. The average molecular weight is 368 g/mol. The molecule has 4 N–H and O–H groups in total. The van der Waals surface area contributed by atoms with Gasteiger partial charge in [0.2, 0.25) is 5.91 Å². The number of benzene rings is 2. The molecule has 0 radical (unpaired) electrons. The molecule has 0 saturated heterocycles. The van der Waals surface area contributed by atoms with E-state index in [1.165, 1.54) is 0 Å². The lowest BCUT2D eigenvalue weighted by atomic mass is 10.1. The molecule has 0 spiro atoms. The predicted molar refractivity (Wildman–Crippen MR) is 104 cm³/mol. The fourth-order valence-corrected chi connectivity index (χ4v) is 3.61. The number of nitrogens with one attached hydrogen (secondary N) is 2. The maximum absolute atomic E-state index is 12.2. The van der Waals surface area contributed by atoms with Crippen LogP contribution in [-0.4, -0.2) is 16.9 Å². The van der Waals surface area contributed by atoms with Gasteiger partial charge in [-0.2, -0.15) is 0 Å². The zero-order chi connectivity index (χ0) is 18.5. The number of thiazole rings is 1. The van der Waals surface area contributed by atoms with Gasteiger partial charge in [-0.3, -0.25) is 4.79 Å². The molecule has 1 heterocycles. The summed E-state index contributed by atoms with van der Waals surface area (Å²) in [7, 11) is 0. The fourth-order valence-electron chi connectivity index (χ4n) is 2.64. The van der Waals surface area contributed by atoms with Gasteiger partial charge in [0.05, 0.1) is 21.3 Å². The van der Waals surface area contributed by atoms with E-state index in [9.17, 15) is 9.59 Å². The Labute approximate surface area is 155 Å². The molecule has 3 rings (SSSR count). The van der Waals surface area contributed by atoms with Crippen molar-refractivity contribution < 1.29 is 9.59 Å². The molecule has 0 bridgehead atoms. The minimum absolute atomic E-state index is 0.0175. The highest BCUT2D eigenvalue weighted by molar-refractivity contribution is 7.18. The molecular formula is C19H20N4O2S. The van der Waals surface area contributed by atoms with Gasteiger partial charge in [-0.25, -0.2) is 9.78 Å². The minimum Gasteiger partial charge on any atom is -0.351 e. The lowest BCUT2D eigenvalue weighted by Gasteiger charge is -2.14. The number of hydrogen-bond donors (Lipinski definition) is 3. The van der Waals surface area contributed by atoms with Crippen LogP contribution in [0.1, 0.15) is 30.0 Å². The number of rotatable bonds is 6. The molecule has 1 atom stereocenters. The first-order chi connectivity index (χ1) is 12.5. The van der Waals surface area contributed by atoms with E-state index in [1.807, 2.05) is 43.3 Å². The van der Waals surface area contributed by atoms with Crippen molar-refractivity contribution >= 4 is 39.2 Å². The number of fused-ring (bicyclic) bond motifs is 1. The van der Waals surface area contributed by atoms with E-state index >= 15 is 0 Å². The number of primary amides is 1. The van der Waals surface area contributed by atoms with E-state index in [2.05, 4.69) is 15.6 Å². The number of anilines is 1. The lowest BCUT2D eigenvalue weighted by molar-refractivity contribution is -0.121. The molecule has 134 valence electrons. The largest absolute Gasteiger partial charge is 0.351 e. The zero-order valence-corrected chi connectivity index (χ0v) is 15.2. The summed E-state index contributed by atoms with van der Waals surface area (Å²) in [5.41, 5.74) is 7.63. The molecular weight excluding hydrogens is 348 g/mol. The molecule has 1 aromatic heterocycles. The zero-order valence-electron chi connectivity index (χ0n) is 14.4. The van der Waals surface area contributed by atoms with Gasteiger partial charge < -0.3 is 16.4 Å². The topological polar surface area (TPSA) is 97.1 Å². The number of urea groups is 1. The van der Waals surface area contributed by atoms with Gasteiger partial charge in [-0.1, -0.05) is 24.3 Å². The molecule has 0 saturated carbocycles. The summed E-state index contributed by atoms with van der Waals surface area (Å²) in [6.07, 6.45) is 1.02.